The highest BCUT2D eigenvalue weighted by Gasteiger charge is 2.37. The summed E-state index contributed by atoms with van der Waals surface area (Å²) in [6.45, 7) is 0.0419. The fraction of sp³-hybridized carbons (Fsp3) is 0.0833. The van der Waals surface area contributed by atoms with E-state index in [-0.39, 0.29) is 17.3 Å². The van der Waals surface area contributed by atoms with Gasteiger partial charge in [-0.15, -0.1) is 0 Å². The van der Waals surface area contributed by atoms with Crippen LogP contribution in [0.3, 0.4) is 0 Å². The molecule has 0 bridgehead atoms. The number of nitrogens with zero attached hydrogens (tertiary/aromatic N) is 1. The molecule has 1 aliphatic heterocycles. The Bertz CT molecular complexity index is 1180. The Morgan fingerprint density at radius 2 is 1.61 bits per heavy atom. The molecule has 0 atom stereocenters. The number of halogens is 1. The van der Waals surface area contributed by atoms with Crippen molar-refractivity contribution >= 4 is 34.7 Å². The highest BCUT2D eigenvalue weighted by atomic mass is 32.2. The topological polar surface area (TPSA) is 55.8 Å². The zero-order valence-electron chi connectivity index (χ0n) is 16.6. The Kier molecular flexibility index (Phi) is 6.04. The number of para-hydroxylation sites is 3. The molecule has 0 N–H and O–H groups in total. The van der Waals surface area contributed by atoms with Crippen LogP contribution in [0.25, 0.3) is 6.08 Å². The molecule has 0 aliphatic carbocycles. The Morgan fingerprint density at radius 1 is 0.935 bits per heavy atom. The van der Waals surface area contributed by atoms with Crippen molar-refractivity contribution < 1.29 is 23.5 Å². The van der Waals surface area contributed by atoms with Gasteiger partial charge >= 0.3 is 0 Å². The largest absolute Gasteiger partial charge is 0.495 e. The Labute approximate surface area is 183 Å². The summed E-state index contributed by atoms with van der Waals surface area (Å²) in [4.78, 5) is 26.9. The molecule has 1 fully saturated rings. The molecule has 7 heteroatoms. The average Bonchev–Trinajstić information content (AvgIpc) is 3.06. The maximum Gasteiger partial charge on any atom is 0.298 e. The molecule has 31 heavy (non-hydrogen) atoms. The smallest absolute Gasteiger partial charge is 0.298 e. The SMILES string of the molecule is COc1ccccc1N1C(=O)S/C(=C\c2ccccc2OCc2ccccc2F)C1=O. The van der Waals surface area contributed by atoms with Crippen LogP contribution in [0.2, 0.25) is 0 Å². The molecule has 0 saturated carbocycles. The third-order valence-electron chi connectivity index (χ3n) is 4.67. The van der Waals surface area contributed by atoms with E-state index < -0.39 is 11.1 Å². The van der Waals surface area contributed by atoms with Crippen LogP contribution in [0.5, 0.6) is 11.5 Å². The molecule has 0 spiro atoms. The molecule has 2 amide bonds. The average molecular weight is 435 g/mol. The summed E-state index contributed by atoms with van der Waals surface area (Å²) in [5, 5.41) is -0.412. The quantitative estimate of drug-likeness (QED) is 0.468. The molecule has 4 rings (SSSR count). The van der Waals surface area contributed by atoms with E-state index in [4.69, 9.17) is 9.47 Å². The number of thioether (sulfide) groups is 1. The van der Waals surface area contributed by atoms with Crippen LogP contribution in [-0.2, 0) is 11.4 Å². The summed E-state index contributed by atoms with van der Waals surface area (Å²) in [7, 11) is 1.48. The van der Waals surface area contributed by atoms with E-state index in [0.29, 0.717) is 28.3 Å². The molecule has 1 heterocycles. The van der Waals surface area contributed by atoms with Gasteiger partial charge in [0.1, 0.15) is 23.9 Å². The van der Waals surface area contributed by atoms with Crippen LogP contribution in [0, 0.1) is 5.82 Å². The molecule has 0 unspecified atom stereocenters. The number of benzene rings is 3. The van der Waals surface area contributed by atoms with Crippen molar-refractivity contribution in [3.05, 3.63) is 94.6 Å². The van der Waals surface area contributed by atoms with Crippen molar-refractivity contribution in [3.8, 4) is 11.5 Å². The third-order valence-corrected chi connectivity index (χ3v) is 5.54. The Hall–Kier alpha value is -3.58. The Morgan fingerprint density at radius 3 is 2.39 bits per heavy atom. The standard InChI is InChI=1S/C24H18FNO4S/c1-29-21-13-7-5-11-19(21)26-23(27)22(31-24(26)28)14-16-8-3-6-12-20(16)30-15-17-9-2-4-10-18(17)25/h2-14H,15H2,1H3/b22-14-. The Balaban J connectivity index is 1.60. The number of hydrogen-bond acceptors (Lipinski definition) is 5. The van der Waals surface area contributed by atoms with E-state index in [9.17, 15) is 14.0 Å². The molecule has 1 aliphatic rings. The van der Waals surface area contributed by atoms with Crippen molar-refractivity contribution in [3.63, 3.8) is 0 Å². The fourth-order valence-corrected chi connectivity index (χ4v) is 3.96. The van der Waals surface area contributed by atoms with Crippen LogP contribution >= 0.6 is 11.8 Å². The number of anilines is 1. The third kappa shape index (κ3) is 4.32. The number of imide groups is 1. The van der Waals surface area contributed by atoms with Gasteiger partial charge in [-0.1, -0.05) is 48.5 Å². The minimum atomic E-state index is -0.441. The van der Waals surface area contributed by atoms with Gasteiger partial charge in [-0.25, -0.2) is 9.29 Å². The lowest BCUT2D eigenvalue weighted by Gasteiger charge is -2.15. The van der Waals surface area contributed by atoms with Gasteiger partial charge in [-0.05, 0) is 42.1 Å². The van der Waals surface area contributed by atoms with Crippen molar-refractivity contribution in [2.24, 2.45) is 0 Å². The predicted molar refractivity (Wildman–Crippen MR) is 119 cm³/mol. The molecular weight excluding hydrogens is 417 g/mol. The molecule has 0 aromatic heterocycles. The van der Waals surface area contributed by atoms with Gasteiger partial charge in [-0.2, -0.15) is 0 Å². The van der Waals surface area contributed by atoms with Gasteiger partial charge in [-0.3, -0.25) is 9.59 Å². The van der Waals surface area contributed by atoms with E-state index in [0.717, 1.165) is 16.7 Å². The molecule has 3 aromatic rings. The first-order valence-electron chi connectivity index (χ1n) is 9.44. The summed E-state index contributed by atoms with van der Waals surface area (Å²) >= 11 is 0.844. The number of rotatable bonds is 6. The van der Waals surface area contributed by atoms with Gasteiger partial charge in [0.25, 0.3) is 11.1 Å². The zero-order valence-corrected chi connectivity index (χ0v) is 17.4. The lowest BCUT2D eigenvalue weighted by molar-refractivity contribution is -0.113. The monoisotopic (exact) mass is 435 g/mol. The van der Waals surface area contributed by atoms with Crippen molar-refractivity contribution in [2.45, 2.75) is 6.61 Å². The number of carbonyl (C=O) groups excluding carboxylic acids is 2. The van der Waals surface area contributed by atoms with Crippen molar-refractivity contribution in [1.82, 2.24) is 0 Å². The van der Waals surface area contributed by atoms with E-state index in [1.807, 2.05) is 0 Å². The van der Waals surface area contributed by atoms with E-state index in [1.165, 1.54) is 13.2 Å². The first-order chi connectivity index (χ1) is 15.1. The summed E-state index contributed by atoms with van der Waals surface area (Å²) in [5.41, 5.74) is 1.43. The first-order valence-corrected chi connectivity index (χ1v) is 10.3. The first kappa shape index (κ1) is 20.7. The van der Waals surface area contributed by atoms with Crippen LogP contribution in [0.1, 0.15) is 11.1 Å². The summed E-state index contributed by atoms with van der Waals surface area (Å²) < 4.78 is 25.0. The van der Waals surface area contributed by atoms with Crippen LogP contribution < -0.4 is 14.4 Å². The molecule has 3 aromatic carbocycles. The second kappa shape index (κ2) is 9.06. The van der Waals surface area contributed by atoms with Crippen molar-refractivity contribution in [1.29, 1.82) is 0 Å². The minimum absolute atomic E-state index is 0.0419. The summed E-state index contributed by atoms with van der Waals surface area (Å²) in [6.07, 6.45) is 1.61. The second-order valence-corrected chi connectivity index (χ2v) is 7.60. The molecular formula is C24H18FNO4S. The van der Waals surface area contributed by atoms with Crippen molar-refractivity contribution in [2.75, 3.05) is 12.0 Å². The van der Waals surface area contributed by atoms with Crippen LogP contribution in [-0.4, -0.2) is 18.3 Å². The van der Waals surface area contributed by atoms with Gasteiger partial charge in [0.2, 0.25) is 0 Å². The number of methoxy groups -OCH3 is 1. The van der Waals surface area contributed by atoms with E-state index >= 15 is 0 Å². The van der Waals surface area contributed by atoms with Gasteiger partial charge in [0.15, 0.2) is 0 Å². The second-order valence-electron chi connectivity index (χ2n) is 6.61. The predicted octanol–water partition coefficient (Wildman–Crippen LogP) is 5.65. The highest BCUT2D eigenvalue weighted by molar-refractivity contribution is 8.19. The van der Waals surface area contributed by atoms with Gasteiger partial charge in [0.05, 0.1) is 17.7 Å². The van der Waals surface area contributed by atoms with Crippen LogP contribution in [0.4, 0.5) is 14.9 Å². The van der Waals surface area contributed by atoms with E-state index in [1.54, 1.807) is 72.8 Å². The molecule has 5 nitrogen and oxygen atoms in total. The number of amides is 2. The summed E-state index contributed by atoms with van der Waals surface area (Å²) in [6, 6.07) is 20.3. The van der Waals surface area contributed by atoms with E-state index in [2.05, 4.69) is 0 Å². The molecule has 0 radical (unpaired) electrons. The highest BCUT2D eigenvalue weighted by Crippen LogP contribution is 2.40. The minimum Gasteiger partial charge on any atom is -0.495 e. The number of carbonyl (C=O) groups is 2. The normalized spacial score (nSPS) is 14.9. The number of hydrogen-bond donors (Lipinski definition) is 0. The van der Waals surface area contributed by atoms with Crippen LogP contribution in [0.15, 0.2) is 77.7 Å². The maximum absolute atomic E-state index is 13.9. The molecule has 156 valence electrons. The maximum atomic E-state index is 13.9. The number of ether oxygens (including phenoxy) is 2. The lowest BCUT2D eigenvalue weighted by atomic mass is 10.1. The van der Waals surface area contributed by atoms with Gasteiger partial charge in [0, 0.05) is 11.1 Å². The molecule has 1 saturated heterocycles. The lowest BCUT2D eigenvalue weighted by Crippen LogP contribution is -2.28. The zero-order chi connectivity index (χ0) is 21.8. The fourth-order valence-electron chi connectivity index (χ4n) is 3.13. The summed E-state index contributed by atoms with van der Waals surface area (Å²) in [5.74, 6) is 0.121. The van der Waals surface area contributed by atoms with Gasteiger partial charge < -0.3 is 9.47 Å².